The number of carboxylic acids is 1. The van der Waals surface area contributed by atoms with Crippen LogP contribution in [0.2, 0.25) is 0 Å². The van der Waals surface area contributed by atoms with Crippen molar-refractivity contribution in [2.45, 2.75) is 38.7 Å². The number of carbonyl (C=O) groups is 1. The van der Waals surface area contributed by atoms with Crippen LogP contribution in [0.15, 0.2) is 12.1 Å². The molecule has 0 aliphatic carbocycles. The van der Waals surface area contributed by atoms with Crippen molar-refractivity contribution < 1.29 is 19.7 Å². The number of aromatic carboxylic acids is 1. The van der Waals surface area contributed by atoms with Crippen molar-refractivity contribution >= 4 is 5.97 Å². The average molecular weight is 236 g/mol. The molecule has 1 aromatic carbocycles. The Morgan fingerprint density at radius 3 is 2.71 bits per heavy atom. The van der Waals surface area contributed by atoms with Gasteiger partial charge in [0.25, 0.3) is 0 Å². The van der Waals surface area contributed by atoms with Crippen molar-refractivity contribution in [1.82, 2.24) is 0 Å². The Labute approximate surface area is 99.8 Å². The fourth-order valence-electron chi connectivity index (χ4n) is 2.46. The summed E-state index contributed by atoms with van der Waals surface area (Å²) in [6, 6.07) is 3.15. The first-order valence-corrected chi connectivity index (χ1v) is 5.60. The van der Waals surface area contributed by atoms with Crippen molar-refractivity contribution in [2.75, 3.05) is 0 Å². The Hall–Kier alpha value is -1.71. The molecule has 1 heterocycles. The predicted molar refractivity (Wildman–Crippen MR) is 62.8 cm³/mol. The highest BCUT2D eigenvalue weighted by atomic mass is 16.5. The second-order valence-corrected chi connectivity index (χ2v) is 5.15. The van der Waals surface area contributed by atoms with Gasteiger partial charge in [-0.3, -0.25) is 0 Å². The molecule has 1 aliphatic heterocycles. The van der Waals surface area contributed by atoms with Gasteiger partial charge in [-0.1, -0.05) is 13.0 Å². The lowest BCUT2D eigenvalue weighted by Gasteiger charge is -2.37. The summed E-state index contributed by atoms with van der Waals surface area (Å²) in [5, 5.41) is 18.8. The molecule has 1 unspecified atom stereocenters. The first-order valence-electron chi connectivity index (χ1n) is 5.60. The minimum Gasteiger partial charge on any atom is -0.507 e. The predicted octanol–water partition coefficient (Wildman–Crippen LogP) is 2.76. The highest BCUT2D eigenvalue weighted by Gasteiger charge is 2.35. The number of rotatable bonds is 1. The van der Waals surface area contributed by atoms with E-state index in [2.05, 4.69) is 0 Å². The maximum absolute atomic E-state index is 11.2. The summed E-state index contributed by atoms with van der Waals surface area (Å²) in [6.07, 6.45) is 0.823. The summed E-state index contributed by atoms with van der Waals surface area (Å²) in [6.45, 7) is 5.87. The van der Waals surface area contributed by atoms with Gasteiger partial charge >= 0.3 is 5.97 Å². The summed E-state index contributed by atoms with van der Waals surface area (Å²) in [4.78, 5) is 11.2. The van der Waals surface area contributed by atoms with E-state index in [0.29, 0.717) is 5.75 Å². The minimum absolute atomic E-state index is 0.137. The number of hydrogen-bond donors (Lipinski definition) is 2. The number of ether oxygens (including phenoxy) is 1. The molecule has 0 radical (unpaired) electrons. The molecular weight excluding hydrogens is 220 g/mol. The number of phenols is 1. The van der Waals surface area contributed by atoms with Crippen LogP contribution in [-0.4, -0.2) is 21.8 Å². The van der Waals surface area contributed by atoms with Crippen LogP contribution in [0.4, 0.5) is 0 Å². The largest absolute Gasteiger partial charge is 0.507 e. The second kappa shape index (κ2) is 3.65. The topological polar surface area (TPSA) is 66.8 Å². The van der Waals surface area contributed by atoms with Crippen LogP contribution in [0.25, 0.3) is 0 Å². The normalized spacial score (nSPS) is 21.5. The summed E-state index contributed by atoms with van der Waals surface area (Å²) in [7, 11) is 0. The van der Waals surface area contributed by atoms with Crippen LogP contribution in [0, 0.1) is 0 Å². The van der Waals surface area contributed by atoms with E-state index in [-0.39, 0.29) is 17.2 Å². The molecule has 0 aromatic heterocycles. The molecule has 0 saturated carbocycles. The molecular formula is C13H16O4. The van der Waals surface area contributed by atoms with E-state index in [0.717, 1.165) is 12.0 Å². The lowest BCUT2D eigenvalue weighted by Crippen LogP contribution is -2.35. The maximum atomic E-state index is 11.2. The SMILES string of the molecule is CC1CC(C)(C)Oc2c1ccc(O)c2C(=O)O. The molecule has 1 aromatic rings. The molecule has 1 atom stereocenters. The van der Waals surface area contributed by atoms with Crippen LogP contribution >= 0.6 is 0 Å². The number of aromatic hydroxyl groups is 1. The van der Waals surface area contributed by atoms with E-state index in [1.807, 2.05) is 20.8 Å². The van der Waals surface area contributed by atoms with Crippen LogP contribution in [-0.2, 0) is 0 Å². The van der Waals surface area contributed by atoms with Crippen molar-refractivity contribution in [1.29, 1.82) is 0 Å². The number of hydrogen-bond acceptors (Lipinski definition) is 3. The summed E-state index contributed by atoms with van der Waals surface area (Å²) in [5.74, 6) is -0.890. The second-order valence-electron chi connectivity index (χ2n) is 5.15. The third-order valence-electron chi connectivity index (χ3n) is 3.09. The molecule has 0 bridgehead atoms. The third kappa shape index (κ3) is 1.95. The Morgan fingerprint density at radius 2 is 2.12 bits per heavy atom. The monoisotopic (exact) mass is 236 g/mol. The Morgan fingerprint density at radius 1 is 1.47 bits per heavy atom. The average Bonchev–Trinajstić information content (AvgIpc) is 2.13. The van der Waals surface area contributed by atoms with Gasteiger partial charge in [0.2, 0.25) is 0 Å². The highest BCUT2D eigenvalue weighted by molar-refractivity contribution is 5.94. The van der Waals surface area contributed by atoms with Crippen LogP contribution in [0.3, 0.4) is 0 Å². The quantitative estimate of drug-likeness (QED) is 0.786. The lowest BCUT2D eigenvalue weighted by atomic mass is 9.84. The molecule has 4 heteroatoms. The number of carboxylic acid groups (broad SMARTS) is 1. The fourth-order valence-corrected chi connectivity index (χ4v) is 2.46. The Bertz CT molecular complexity index is 477. The Balaban J connectivity index is 2.65. The van der Waals surface area contributed by atoms with Gasteiger partial charge in [0.1, 0.15) is 22.7 Å². The molecule has 0 spiro atoms. The molecule has 2 rings (SSSR count). The number of fused-ring (bicyclic) bond motifs is 1. The van der Waals surface area contributed by atoms with Crippen molar-refractivity contribution in [3.05, 3.63) is 23.3 Å². The smallest absolute Gasteiger partial charge is 0.343 e. The Kier molecular flexibility index (Phi) is 2.53. The van der Waals surface area contributed by atoms with Gasteiger partial charge in [0.05, 0.1) is 0 Å². The van der Waals surface area contributed by atoms with Crippen LogP contribution in [0.5, 0.6) is 11.5 Å². The molecule has 1 aliphatic rings. The summed E-state index contributed by atoms with van der Waals surface area (Å²) < 4.78 is 5.72. The van der Waals surface area contributed by atoms with E-state index in [9.17, 15) is 9.90 Å². The van der Waals surface area contributed by atoms with Gasteiger partial charge in [-0.25, -0.2) is 4.79 Å². The van der Waals surface area contributed by atoms with Gasteiger partial charge in [-0.05, 0) is 37.8 Å². The standard InChI is InChI=1S/C13H16O4/c1-7-6-13(2,3)17-11-8(7)4-5-9(14)10(11)12(15)16/h4-5,7,14H,6H2,1-3H3,(H,15,16). The van der Waals surface area contributed by atoms with Gasteiger partial charge in [0, 0.05) is 0 Å². The van der Waals surface area contributed by atoms with Crippen molar-refractivity contribution in [3.63, 3.8) is 0 Å². The molecule has 4 nitrogen and oxygen atoms in total. The lowest BCUT2D eigenvalue weighted by molar-refractivity contribution is 0.0611. The van der Waals surface area contributed by atoms with Gasteiger partial charge < -0.3 is 14.9 Å². The van der Waals surface area contributed by atoms with Crippen LogP contribution < -0.4 is 4.74 Å². The number of benzene rings is 1. The van der Waals surface area contributed by atoms with Crippen molar-refractivity contribution in [2.24, 2.45) is 0 Å². The molecule has 0 fully saturated rings. The van der Waals surface area contributed by atoms with Gasteiger partial charge in [-0.15, -0.1) is 0 Å². The van der Waals surface area contributed by atoms with E-state index < -0.39 is 11.6 Å². The highest BCUT2D eigenvalue weighted by Crippen LogP contribution is 2.44. The zero-order chi connectivity index (χ0) is 12.8. The zero-order valence-electron chi connectivity index (χ0n) is 10.2. The summed E-state index contributed by atoms with van der Waals surface area (Å²) >= 11 is 0. The minimum atomic E-state index is -1.16. The third-order valence-corrected chi connectivity index (χ3v) is 3.09. The van der Waals surface area contributed by atoms with E-state index in [4.69, 9.17) is 9.84 Å². The van der Waals surface area contributed by atoms with E-state index in [1.54, 1.807) is 6.07 Å². The molecule has 2 N–H and O–H groups in total. The van der Waals surface area contributed by atoms with E-state index >= 15 is 0 Å². The molecule has 0 saturated heterocycles. The molecule has 92 valence electrons. The van der Waals surface area contributed by atoms with Gasteiger partial charge in [-0.2, -0.15) is 0 Å². The first-order chi connectivity index (χ1) is 7.82. The molecule has 17 heavy (non-hydrogen) atoms. The van der Waals surface area contributed by atoms with Gasteiger partial charge in [0.15, 0.2) is 0 Å². The molecule has 0 amide bonds. The zero-order valence-corrected chi connectivity index (χ0v) is 10.2. The fraction of sp³-hybridized carbons (Fsp3) is 0.462. The van der Waals surface area contributed by atoms with Crippen LogP contribution in [0.1, 0.15) is 49.0 Å². The first kappa shape index (κ1) is 11.8. The maximum Gasteiger partial charge on any atom is 0.343 e. The van der Waals surface area contributed by atoms with E-state index in [1.165, 1.54) is 6.07 Å². The summed E-state index contributed by atoms with van der Waals surface area (Å²) in [5.41, 5.74) is 0.298. The van der Waals surface area contributed by atoms with Crippen molar-refractivity contribution in [3.8, 4) is 11.5 Å².